The summed E-state index contributed by atoms with van der Waals surface area (Å²) >= 11 is 0. The number of hydrogen-bond acceptors (Lipinski definition) is 2. The van der Waals surface area contributed by atoms with E-state index in [9.17, 15) is 9.18 Å². The number of amides is 1. The van der Waals surface area contributed by atoms with E-state index in [1.54, 1.807) is 12.1 Å². The van der Waals surface area contributed by atoms with Crippen LogP contribution in [0.2, 0.25) is 0 Å². The molecule has 0 unspecified atom stereocenters. The summed E-state index contributed by atoms with van der Waals surface area (Å²) in [7, 11) is 0. The minimum atomic E-state index is -0.564. The molecule has 2 heterocycles. The van der Waals surface area contributed by atoms with Crippen molar-refractivity contribution in [3.05, 3.63) is 66.2 Å². The molecule has 0 saturated carbocycles. The minimum Gasteiger partial charge on any atom is -0.366 e. The molecule has 3 aromatic rings. The van der Waals surface area contributed by atoms with Crippen LogP contribution in [0.25, 0.3) is 22.5 Å². The summed E-state index contributed by atoms with van der Waals surface area (Å²) in [6.45, 7) is 0. The van der Waals surface area contributed by atoms with Gasteiger partial charge in [-0.2, -0.15) is 0 Å². The normalized spacial score (nSPS) is 10.0. The van der Waals surface area contributed by atoms with E-state index < -0.39 is 11.7 Å². The molecule has 4 nitrogen and oxygen atoms in total. The van der Waals surface area contributed by atoms with Gasteiger partial charge in [-0.15, -0.1) is 12.4 Å². The quantitative estimate of drug-likeness (QED) is 0.777. The van der Waals surface area contributed by atoms with Gasteiger partial charge < -0.3 is 10.7 Å². The fourth-order valence-corrected chi connectivity index (χ4v) is 2.22. The first-order valence-corrected chi connectivity index (χ1v) is 6.35. The van der Waals surface area contributed by atoms with E-state index in [0.717, 1.165) is 11.8 Å². The zero-order valence-corrected chi connectivity index (χ0v) is 12.2. The number of aromatic nitrogens is 2. The average Bonchev–Trinajstić information content (AvgIpc) is 2.94. The average molecular weight is 318 g/mol. The van der Waals surface area contributed by atoms with Gasteiger partial charge in [0.05, 0.1) is 17.5 Å². The van der Waals surface area contributed by atoms with Crippen LogP contribution in [0.5, 0.6) is 0 Å². The molecule has 0 radical (unpaired) electrons. The Morgan fingerprint density at radius 1 is 1.18 bits per heavy atom. The molecule has 3 rings (SSSR count). The highest BCUT2D eigenvalue weighted by Gasteiger charge is 2.16. The number of pyridine rings is 1. The number of benzene rings is 1. The molecule has 112 valence electrons. The first kappa shape index (κ1) is 15.7. The van der Waals surface area contributed by atoms with E-state index in [1.165, 1.54) is 6.20 Å². The first-order chi connectivity index (χ1) is 10.2. The highest BCUT2D eigenvalue weighted by molar-refractivity contribution is 6.00. The van der Waals surface area contributed by atoms with Crippen molar-refractivity contribution in [2.24, 2.45) is 5.73 Å². The van der Waals surface area contributed by atoms with Crippen molar-refractivity contribution in [1.29, 1.82) is 0 Å². The van der Waals surface area contributed by atoms with Gasteiger partial charge in [0, 0.05) is 17.5 Å². The Bertz CT molecular complexity index is 802. The summed E-state index contributed by atoms with van der Waals surface area (Å²) in [5, 5.41) is 0. The molecular weight excluding hydrogens is 305 g/mol. The van der Waals surface area contributed by atoms with Crippen molar-refractivity contribution in [2.75, 3.05) is 0 Å². The number of nitrogens with zero attached hydrogens (tertiary/aromatic N) is 1. The number of nitrogens with two attached hydrogens (primary N) is 1. The lowest BCUT2D eigenvalue weighted by atomic mass is 10.1. The summed E-state index contributed by atoms with van der Waals surface area (Å²) in [5.41, 5.74) is 7.96. The lowest BCUT2D eigenvalue weighted by Gasteiger charge is -2.01. The Hall–Kier alpha value is -2.66. The van der Waals surface area contributed by atoms with Gasteiger partial charge in [-0.05, 0) is 17.7 Å². The molecule has 0 atom stereocenters. The number of halogens is 2. The molecule has 0 spiro atoms. The zero-order valence-electron chi connectivity index (χ0n) is 11.4. The number of rotatable bonds is 3. The second-order valence-corrected chi connectivity index (χ2v) is 4.56. The van der Waals surface area contributed by atoms with Gasteiger partial charge >= 0.3 is 0 Å². The largest absolute Gasteiger partial charge is 0.366 e. The predicted molar refractivity (Wildman–Crippen MR) is 85.2 cm³/mol. The van der Waals surface area contributed by atoms with Gasteiger partial charge in [0.1, 0.15) is 0 Å². The lowest BCUT2D eigenvalue weighted by Crippen LogP contribution is -2.10. The molecule has 2 aromatic heterocycles. The number of nitrogens with one attached hydrogen (secondary N) is 1. The van der Waals surface area contributed by atoms with Gasteiger partial charge in [-0.1, -0.05) is 30.3 Å². The Morgan fingerprint density at radius 2 is 1.91 bits per heavy atom. The molecule has 0 bridgehead atoms. The Kier molecular flexibility index (Phi) is 4.58. The first-order valence-electron chi connectivity index (χ1n) is 6.35. The van der Waals surface area contributed by atoms with Gasteiger partial charge in [-0.3, -0.25) is 9.78 Å². The van der Waals surface area contributed by atoms with Crippen LogP contribution in [0.4, 0.5) is 4.39 Å². The Labute approximate surface area is 132 Å². The Balaban J connectivity index is 0.00000176. The van der Waals surface area contributed by atoms with Crippen LogP contribution in [0.3, 0.4) is 0 Å². The van der Waals surface area contributed by atoms with E-state index in [0.29, 0.717) is 22.5 Å². The number of primary amides is 1. The molecule has 0 aliphatic heterocycles. The molecule has 3 N–H and O–H groups in total. The van der Waals surface area contributed by atoms with E-state index in [4.69, 9.17) is 5.73 Å². The third-order valence-electron chi connectivity index (χ3n) is 3.21. The van der Waals surface area contributed by atoms with Gasteiger partial charge in [0.25, 0.3) is 5.91 Å². The highest BCUT2D eigenvalue weighted by atomic mass is 35.5. The second-order valence-electron chi connectivity index (χ2n) is 4.56. The fourth-order valence-electron chi connectivity index (χ4n) is 2.22. The van der Waals surface area contributed by atoms with Crippen molar-refractivity contribution < 1.29 is 9.18 Å². The van der Waals surface area contributed by atoms with Crippen LogP contribution < -0.4 is 5.73 Å². The molecule has 22 heavy (non-hydrogen) atoms. The molecular formula is C16H13ClFN3O. The standard InChI is InChI=1S/C16H12FN3O.ClH/c17-13-9-19-7-6-11(13)14-8-12(16(18)21)15(20-14)10-4-2-1-3-5-10;/h1-9,20H,(H2,18,21);1H. The lowest BCUT2D eigenvalue weighted by molar-refractivity contribution is 0.100. The van der Waals surface area contributed by atoms with Gasteiger partial charge in [0.15, 0.2) is 5.82 Å². The topological polar surface area (TPSA) is 71.8 Å². The number of carbonyl (C=O) groups excluding carboxylic acids is 1. The third-order valence-corrected chi connectivity index (χ3v) is 3.21. The SMILES string of the molecule is Cl.NC(=O)c1cc(-c2ccncc2F)[nH]c1-c1ccccc1. The summed E-state index contributed by atoms with van der Waals surface area (Å²) in [6.07, 6.45) is 2.62. The van der Waals surface area contributed by atoms with Crippen molar-refractivity contribution in [3.8, 4) is 22.5 Å². The van der Waals surface area contributed by atoms with Crippen LogP contribution >= 0.6 is 12.4 Å². The van der Waals surface area contributed by atoms with Gasteiger partial charge in [0.2, 0.25) is 0 Å². The van der Waals surface area contributed by atoms with Crippen molar-refractivity contribution in [3.63, 3.8) is 0 Å². The summed E-state index contributed by atoms with van der Waals surface area (Å²) in [6, 6.07) is 12.4. The maximum atomic E-state index is 13.8. The van der Waals surface area contributed by atoms with Crippen LogP contribution in [-0.2, 0) is 0 Å². The minimum absolute atomic E-state index is 0. The molecule has 1 amide bonds. The number of aromatic amines is 1. The van der Waals surface area contributed by atoms with Crippen LogP contribution in [0.15, 0.2) is 54.9 Å². The van der Waals surface area contributed by atoms with Crippen molar-refractivity contribution in [1.82, 2.24) is 9.97 Å². The summed E-state index contributed by atoms with van der Waals surface area (Å²) < 4.78 is 13.8. The van der Waals surface area contributed by atoms with Crippen molar-refractivity contribution >= 4 is 18.3 Å². The van der Waals surface area contributed by atoms with Crippen LogP contribution in [-0.4, -0.2) is 15.9 Å². The smallest absolute Gasteiger partial charge is 0.250 e. The van der Waals surface area contributed by atoms with Gasteiger partial charge in [-0.25, -0.2) is 4.39 Å². The number of hydrogen-bond donors (Lipinski definition) is 2. The van der Waals surface area contributed by atoms with E-state index in [2.05, 4.69) is 9.97 Å². The number of carbonyl (C=O) groups is 1. The molecule has 0 saturated heterocycles. The molecule has 6 heteroatoms. The molecule has 1 aromatic carbocycles. The van der Waals surface area contributed by atoms with E-state index >= 15 is 0 Å². The second kappa shape index (κ2) is 6.41. The van der Waals surface area contributed by atoms with E-state index in [1.807, 2.05) is 30.3 Å². The monoisotopic (exact) mass is 317 g/mol. The Morgan fingerprint density at radius 3 is 2.55 bits per heavy atom. The molecule has 0 aliphatic carbocycles. The summed E-state index contributed by atoms with van der Waals surface area (Å²) in [5.74, 6) is -1.03. The summed E-state index contributed by atoms with van der Waals surface area (Å²) in [4.78, 5) is 18.4. The molecule has 0 aliphatic rings. The van der Waals surface area contributed by atoms with E-state index in [-0.39, 0.29) is 12.4 Å². The highest BCUT2D eigenvalue weighted by Crippen LogP contribution is 2.29. The number of H-pyrrole nitrogens is 1. The predicted octanol–water partition coefficient (Wildman–Crippen LogP) is 3.40. The fraction of sp³-hybridized carbons (Fsp3) is 0. The van der Waals surface area contributed by atoms with Crippen LogP contribution in [0, 0.1) is 5.82 Å². The zero-order chi connectivity index (χ0) is 14.8. The van der Waals surface area contributed by atoms with Crippen molar-refractivity contribution in [2.45, 2.75) is 0 Å². The third kappa shape index (κ3) is 2.84. The maximum Gasteiger partial charge on any atom is 0.250 e. The maximum absolute atomic E-state index is 13.8. The van der Waals surface area contributed by atoms with Crippen LogP contribution in [0.1, 0.15) is 10.4 Å². The molecule has 0 fully saturated rings.